The maximum Gasteiger partial charge on any atom is 0.0748 e. The number of hydrogen-bond acceptors (Lipinski definition) is 3. The molecule has 1 spiro atoms. The quantitative estimate of drug-likeness (QED) is 0.740. The fourth-order valence-electron chi connectivity index (χ4n) is 4.70. The number of halogens is 2. The molecule has 4 rings (SSSR count). The monoisotopic (exact) mass is 389 g/mol. The lowest BCUT2D eigenvalue weighted by atomic mass is 9.74. The molecule has 1 saturated carbocycles. The zero-order valence-corrected chi connectivity index (χ0v) is 16.7. The minimum Gasteiger partial charge on any atom is -0.370 e. The summed E-state index contributed by atoms with van der Waals surface area (Å²) >= 11 is 12.5. The van der Waals surface area contributed by atoms with E-state index in [1.54, 1.807) is 6.07 Å². The molecule has 2 aromatic rings. The minimum atomic E-state index is 0.382. The van der Waals surface area contributed by atoms with Crippen molar-refractivity contribution in [2.24, 2.45) is 11.1 Å². The lowest BCUT2D eigenvalue weighted by Crippen LogP contribution is -2.46. The zero-order chi connectivity index (χ0) is 18.3. The average molecular weight is 390 g/mol. The first-order chi connectivity index (χ1) is 12.5. The van der Waals surface area contributed by atoms with Crippen LogP contribution in [-0.4, -0.2) is 24.1 Å². The van der Waals surface area contributed by atoms with Gasteiger partial charge in [0.1, 0.15) is 0 Å². The maximum absolute atomic E-state index is 6.41. The van der Waals surface area contributed by atoms with E-state index in [2.05, 4.69) is 17.9 Å². The predicted octanol–water partition coefficient (Wildman–Crippen LogP) is 5.46. The maximum atomic E-state index is 6.41. The molecule has 3 nitrogen and oxygen atoms in total. The van der Waals surface area contributed by atoms with Gasteiger partial charge in [-0.1, -0.05) is 41.8 Å². The Balaban J connectivity index is 1.55. The number of nitrogens with two attached hydrogens (primary N) is 1. The second kappa shape index (κ2) is 7.03. The van der Waals surface area contributed by atoms with Gasteiger partial charge in [0.25, 0.3) is 0 Å². The molecule has 2 aliphatic rings. The number of hydrogen-bond donors (Lipinski definition) is 1. The van der Waals surface area contributed by atoms with Gasteiger partial charge in [0.2, 0.25) is 0 Å². The molecule has 1 saturated heterocycles. The fraction of sp³-hybridized carbons (Fsp3) is 0.476. The number of anilines is 1. The van der Waals surface area contributed by atoms with Crippen molar-refractivity contribution < 1.29 is 0 Å². The minimum absolute atomic E-state index is 0.382. The summed E-state index contributed by atoms with van der Waals surface area (Å²) in [6.07, 6.45) is 8.12. The molecule has 26 heavy (non-hydrogen) atoms. The van der Waals surface area contributed by atoms with Crippen molar-refractivity contribution in [3.8, 4) is 11.3 Å². The predicted molar refractivity (Wildman–Crippen MR) is 110 cm³/mol. The van der Waals surface area contributed by atoms with Gasteiger partial charge < -0.3 is 10.6 Å². The van der Waals surface area contributed by atoms with Gasteiger partial charge in [-0.25, -0.2) is 0 Å². The lowest BCUT2D eigenvalue weighted by Gasteiger charge is -2.43. The van der Waals surface area contributed by atoms with E-state index >= 15 is 0 Å². The summed E-state index contributed by atoms with van der Waals surface area (Å²) < 4.78 is 0. The third-order valence-electron chi connectivity index (χ3n) is 6.37. The van der Waals surface area contributed by atoms with E-state index in [4.69, 9.17) is 33.9 Å². The Morgan fingerprint density at radius 3 is 2.62 bits per heavy atom. The number of benzene rings is 1. The van der Waals surface area contributed by atoms with Crippen LogP contribution in [0.4, 0.5) is 5.69 Å². The van der Waals surface area contributed by atoms with E-state index in [0.717, 1.165) is 29.9 Å². The van der Waals surface area contributed by atoms with Crippen molar-refractivity contribution in [3.05, 3.63) is 46.1 Å². The summed E-state index contributed by atoms with van der Waals surface area (Å²) in [6, 6.07) is 8.28. The SMILES string of the molecule is Cc1cc(N2CCC3(CCCC3N)CC2)cnc1-c1cccc(Cl)c1Cl. The van der Waals surface area contributed by atoms with Crippen molar-refractivity contribution in [3.63, 3.8) is 0 Å². The Morgan fingerprint density at radius 1 is 1.19 bits per heavy atom. The van der Waals surface area contributed by atoms with Crippen molar-refractivity contribution in [1.29, 1.82) is 0 Å². The first kappa shape index (κ1) is 18.1. The molecule has 2 N–H and O–H groups in total. The summed E-state index contributed by atoms with van der Waals surface area (Å²) in [6.45, 7) is 4.21. The number of piperidine rings is 1. The van der Waals surface area contributed by atoms with Gasteiger partial charge in [-0.3, -0.25) is 4.98 Å². The van der Waals surface area contributed by atoms with Gasteiger partial charge in [0.05, 0.1) is 27.6 Å². The Hall–Kier alpha value is -1.29. The third-order valence-corrected chi connectivity index (χ3v) is 7.19. The molecule has 138 valence electrons. The first-order valence-electron chi connectivity index (χ1n) is 9.42. The molecule has 1 aromatic carbocycles. The van der Waals surface area contributed by atoms with Crippen LogP contribution in [0.15, 0.2) is 30.5 Å². The van der Waals surface area contributed by atoms with Gasteiger partial charge >= 0.3 is 0 Å². The zero-order valence-electron chi connectivity index (χ0n) is 15.1. The van der Waals surface area contributed by atoms with Gasteiger partial charge in [-0.05, 0) is 55.7 Å². The summed E-state index contributed by atoms with van der Waals surface area (Å²) in [5, 5.41) is 1.12. The average Bonchev–Trinajstić information content (AvgIpc) is 2.98. The normalized spacial score (nSPS) is 22.2. The van der Waals surface area contributed by atoms with Crippen molar-refractivity contribution in [2.75, 3.05) is 18.0 Å². The van der Waals surface area contributed by atoms with E-state index in [9.17, 15) is 0 Å². The van der Waals surface area contributed by atoms with Gasteiger partial charge in [0.15, 0.2) is 0 Å². The van der Waals surface area contributed by atoms with E-state index in [-0.39, 0.29) is 0 Å². The van der Waals surface area contributed by atoms with E-state index in [1.165, 1.54) is 37.8 Å². The molecule has 1 aliphatic carbocycles. The van der Waals surface area contributed by atoms with Gasteiger partial charge in [0, 0.05) is 24.7 Å². The first-order valence-corrected chi connectivity index (χ1v) is 10.2. The highest BCUT2D eigenvalue weighted by Crippen LogP contribution is 2.46. The van der Waals surface area contributed by atoms with Crippen LogP contribution in [0.1, 0.15) is 37.7 Å². The molecule has 0 bridgehead atoms. The molecule has 2 fully saturated rings. The van der Waals surface area contributed by atoms with Crippen LogP contribution in [0, 0.1) is 12.3 Å². The van der Waals surface area contributed by atoms with Gasteiger partial charge in [-0.2, -0.15) is 0 Å². The Labute approximate surface area is 165 Å². The number of rotatable bonds is 2. The van der Waals surface area contributed by atoms with Crippen LogP contribution in [0.2, 0.25) is 10.0 Å². The standard InChI is InChI=1S/C21H25Cl2N3/c1-14-12-15(13-25-20(14)16-4-2-5-17(22)19(16)23)26-10-8-21(9-11-26)7-3-6-18(21)24/h2,4-5,12-13,18H,3,6-11,24H2,1H3. The van der Waals surface area contributed by atoms with E-state index < -0.39 is 0 Å². The van der Waals surface area contributed by atoms with Crippen LogP contribution < -0.4 is 10.6 Å². The van der Waals surface area contributed by atoms with E-state index in [1.807, 2.05) is 18.3 Å². The molecule has 0 amide bonds. The highest BCUT2D eigenvalue weighted by molar-refractivity contribution is 6.43. The number of aryl methyl sites for hydroxylation is 1. The van der Waals surface area contributed by atoms with E-state index in [0.29, 0.717) is 21.5 Å². The topological polar surface area (TPSA) is 42.1 Å². The van der Waals surface area contributed by atoms with Crippen LogP contribution in [0.25, 0.3) is 11.3 Å². The van der Waals surface area contributed by atoms with Crippen LogP contribution >= 0.6 is 23.2 Å². The lowest BCUT2D eigenvalue weighted by molar-refractivity contribution is 0.198. The summed E-state index contributed by atoms with van der Waals surface area (Å²) in [7, 11) is 0. The molecule has 5 heteroatoms. The second-order valence-electron chi connectivity index (χ2n) is 7.81. The summed E-state index contributed by atoms with van der Waals surface area (Å²) in [5.74, 6) is 0. The third kappa shape index (κ3) is 3.11. The summed E-state index contributed by atoms with van der Waals surface area (Å²) in [4.78, 5) is 7.16. The summed E-state index contributed by atoms with van der Waals surface area (Å²) in [5.41, 5.74) is 10.9. The molecule has 1 atom stereocenters. The second-order valence-corrected chi connectivity index (χ2v) is 8.59. The van der Waals surface area contributed by atoms with Crippen molar-refractivity contribution >= 4 is 28.9 Å². The molecular formula is C21H25Cl2N3. The molecule has 0 radical (unpaired) electrons. The number of aromatic nitrogens is 1. The van der Waals surface area contributed by atoms with Crippen LogP contribution in [-0.2, 0) is 0 Å². The molecule has 2 heterocycles. The molecule has 1 aromatic heterocycles. The van der Waals surface area contributed by atoms with Crippen LogP contribution in [0.3, 0.4) is 0 Å². The Kier molecular flexibility index (Phi) is 4.89. The molecule has 1 unspecified atom stereocenters. The Bertz CT molecular complexity index is 813. The number of nitrogens with zero attached hydrogens (tertiary/aromatic N) is 2. The molecular weight excluding hydrogens is 365 g/mol. The molecule has 1 aliphatic heterocycles. The van der Waals surface area contributed by atoms with Crippen molar-refractivity contribution in [1.82, 2.24) is 4.98 Å². The fourth-order valence-corrected chi connectivity index (χ4v) is 5.09. The number of pyridine rings is 1. The highest BCUT2D eigenvalue weighted by atomic mass is 35.5. The van der Waals surface area contributed by atoms with Gasteiger partial charge in [-0.15, -0.1) is 0 Å². The highest BCUT2D eigenvalue weighted by Gasteiger charge is 2.42. The van der Waals surface area contributed by atoms with Crippen molar-refractivity contribution in [2.45, 2.75) is 45.1 Å². The largest absolute Gasteiger partial charge is 0.370 e. The smallest absolute Gasteiger partial charge is 0.0748 e. The van der Waals surface area contributed by atoms with Crippen LogP contribution in [0.5, 0.6) is 0 Å². The Morgan fingerprint density at radius 2 is 1.96 bits per heavy atom.